The van der Waals surface area contributed by atoms with E-state index in [2.05, 4.69) is 6.07 Å². The Bertz CT molecular complexity index is 386. The third kappa shape index (κ3) is 3.87. The van der Waals surface area contributed by atoms with Gasteiger partial charge in [-0.3, -0.25) is 0 Å². The van der Waals surface area contributed by atoms with E-state index in [0.717, 1.165) is 30.1 Å². The summed E-state index contributed by atoms with van der Waals surface area (Å²) in [5.41, 5.74) is 6.81. The van der Waals surface area contributed by atoms with Gasteiger partial charge in [0, 0.05) is 0 Å². The summed E-state index contributed by atoms with van der Waals surface area (Å²) in [6.07, 6.45) is 7.48. The highest BCUT2D eigenvalue weighted by Gasteiger charge is 2.16. The number of hydrogen-bond acceptors (Lipinski definition) is 3. The molecule has 3 nitrogen and oxygen atoms in total. The van der Waals surface area contributed by atoms with Crippen molar-refractivity contribution in [2.75, 3.05) is 20.3 Å². The highest BCUT2D eigenvalue weighted by atomic mass is 16.5. The van der Waals surface area contributed by atoms with Gasteiger partial charge in [-0.25, -0.2) is 0 Å². The Morgan fingerprint density at radius 1 is 1.21 bits per heavy atom. The first kappa shape index (κ1) is 14.2. The molecular formula is C16H25NO2. The summed E-state index contributed by atoms with van der Waals surface area (Å²) in [7, 11) is 1.69. The average molecular weight is 263 g/mol. The van der Waals surface area contributed by atoms with Crippen molar-refractivity contribution in [3.05, 3.63) is 23.8 Å². The van der Waals surface area contributed by atoms with Crippen LogP contribution in [-0.4, -0.2) is 20.3 Å². The number of hydrogen-bond donors (Lipinski definition) is 1. The molecule has 106 valence electrons. The van der Waals surface area contributed by atoms with Gasteiger partial charge in [0.15, 0.2) is 11.5 Å². The number of rotatable bonds is 6. The Hall–Kier alpha value is -1.22. The second-order valence-electron chi connectivity index (χ2n) is 5.30. The molecule has 3 heteroatoms. The summed E-state index contributed by atoms with van der Waals surface area (Å²) in [6, 6.07) is 6.03. The molecular weight excluding hydrogens is 238 g/mol. The second-order valence-corrected chi connectivity index (χ2v) is 5.30. The Labute approximate surface area is 116 Å². The molecule has 0 aliphatic heterocycles. The van der Waals surface area contributed by atoms with E-state index in [4.69, 9.17) is 15.2 Å². The normalized spacial score (nSPS) is 16.3. The molecule has 1 aliphatic rings. The maximum Gasteiger partial charge on any atom is 0.164 e. The van der Waals surface area contributed by atoms with Crippen molar-refractivity contribution in [2.24, 2.45) is 11.7 Å². The summed E-state index contributed by atoms with van der Waals surface area (Å²) >= 11 is 0. The van der Waals surface area contributed by atoms with Gasteiger partial charge in [-0.05, 0) is 43.4 Å². The average Bonchev–Trinajstić information content (AvgIpc) is 2.47. The Morgan fingerprint density at radius 2 is 2.00 bits per heavy atom. The minimum absolute atomic E-state index is 0.632. The van der Waals surface area contributed by atoms with Crippen LogP contribution in [0, 0.1) is 5.92 Å². The van der Waals surface area contributed by atoms with Crippen molar-refractivity contribution in [1.82, 2.24) is 0 Å². The summed E-state index contributed by atoms with van der Waals surface area (Å²) in [4.78, 5) is 0. The number of benzene rings is 1. The quantitative estimate of drug-likeness (QED) is 0.857. The molecule has 0 atom stereocenters. The van der Waals surface area contributed by atoms with Crippen LogP contribution in [0.1, 0.15) is 37.7 Å². The Morgan fingerprint density at radius 3 is 2.68 bits per heavy atom. The van der Waals surface area contributed by atoms with Crippen LogP contribution in [0.5, 0.6) is 11.5 Å². The van der Waals surface area contributed by atoms with Crippen molar-refractivity contribution in [3.8, 4) is 11.5 Å². The lowest BCUT2D eigenvalue weighted by Gasteiger charge is -2.23. The summed E-state index contributed by atoms with van der Waals surface area (Å²) in [5.74, 6) is 2.41. The molecule has 1 aromatic carbocycles. The van der Waals surface area contributed by atoms with Gasteiger partial charge < -0.3 is 15.2 Å². The fraction of sp³-hybridized carbons (Fsp3) is 0.625. The first-order valence-electron chi connectivity index (χ1n) is 7.34. The van der Waals surface area contributed by atoms with Crippen molar-refractivity contribution in [1.29, 1.82) is 0 Å². The van der Waals surface area contributed by atoms with Crippen LogP contribution in [0.2, 0.25) is 0 Å². The molecule has 0 aromatic heterocycles. The maximum atomic E-state index is 6.07. The lowest BCUT2D eigenvalue weighted by molar-refractivity contribution is 0.201. The zero-order chi connectivity index (χ0) is 13.5. The van der Waals surface area contributed by atoms with Gasteiger partial charge in [-0.2, -0.15) is 0 Å². The standard InChI is InChI=1S/C16H25NO2/c1-18-15-9-5-8-14(10-11-17)16(15)19-12-13-6-3-2-4-7-13/h5,8-9,13H,2-4,6-7,10-12,17H2,1H3. The molecule has 1 aliphatic carbocycles. The number of ether oxygens (including phenoxy) is 2. The van der Waals surface area contributed by atoms with Gasteiger partial charge in [-0.1, -0.05) is 31.4 Å². The van der Waals surface area contributed by atoms with Crippen LogP contribution in [0.3, 0.4) is 0 Å². The lowest BCUT2D eigenvalue weighted by atomic mass is 9.90. The largest absolute Gasteiger partial charge is 0.493 e. The fourth-order valence-corrected chi connectivity index (χ4v) is 2.79. The third-order valence-corrected chi connectivity index (χ3v) is 3.88. The minimum Gasteiger partial charge on any atom is -0.493 e. The van der Waals surface area contributed by atoms with Crippen LogP contribution < -0.4 is 15.2 Å². The van der Waals surface area contributed by atoms with Gasteiger partial charge in [0.05, 0.1) is 13.7 Å². The molecule has 0 amide bonds. The van der Waals surface area contributed by atoms with Gasteiger partial charge in [-0.15, -0.1) is 0 Å². The molecule has 0 unspecified atom stereocenters. The van der Waals surface area contributed by atoms with Gasteiger partial charge in [0.25, 0.3) is 0 Å². The first-order chi connectivity index (χ1) is 9.35. The van der Waals surface area contributed by atoms with E-state index in [9.17, 15) is 0 Å². The number of methoxy groups -OCH3 is 1. The Balaban J connectivity index is 2.03. The molecule has 0 bridgehead atoms. The minimum atomic E-state index is 0.632. The molecule has 1 aromatic rings. The van der Waals surface area contributed by atoms with Crippen LogP contribution in [-0.2, 0) is 6.42 Å². The lowest BCUT2D eigenvalue weighted by Crippen LogP contribution is -2.16. The molecule has 2 rings (SSSR count). The third-order valence-electron chi connectivity index (χ3n) is 3.88. The van der Waals surface area contributed by atoms with Crippen LogP contribution >= 0.6 is 0 Å². The molecule has 1 saturated carbocycles. The number of para-hydroxylation sites is 1. The second kappa shape index (κ2) is 7.39. The smallest absolute Gasteiger partial charge is 0.164 e. The summed E-state index contributed by atoms with van der Waals surface area (Å²) in [6.45, 7) is 1.44. The van der Waals surface area contributed by atoms with Gasteiger partial charge in [0.1, 0.15) is 0 Å². The van der Waals surface area contributed by atoms with Gasteiger partial charge >= 0.3 is 0 Å². The van der Waals surface area contributed by atoms with E-state index >= 15 is 0 Å². The molecule has 0 saturated heterocycles. The fourth-order valence-electron chi connectivity index (χ4n) is 2.79. The molecule has 2 N–H and O–H groups in total. The van der Waals surface area contributed by atoms with E-state index in [-0.39, 0.29) is 0 Å². The Kier molecular flexibility index (Phi) is 5.52. The number of nitrogens with two attached hydrogens (primary N) is 1. The van der Waals surface area contributed by atoms with Crippen molar-refractivity contribution in [3.63, 3.8) is 0 Å². The topological polar surface area (TPSA) is 44.5 Å². The van der Waals surface area contributed by atoms with E-state index in [1.165, 1.54) is 32.1 Å². The summed E-state index contributed by atoms with van der Waals surface area (Å²) < 4.78 is 11.5. The van der Waals surface area contributed by atoms with Crippen molar-refractivity contribution in [2.45, 2.75) is 38.5 Å². The predicted molar refractivity (Wildman–Crippen MR) is 77.8 cm³/mol. The monoisotopic (exact) mass is 263 g/mol. The maximum absolute atomic E-state index is 6.07. The SMILES string of the molecule is COc1cccc(CCN)c1OCC1CCCCC1. The molecule has 0 spiro atoms. The van der Waals surface area contributed by atoms with E-state index in [1.54, 1.807) is 7.11 Å². The van der Waals surface area contributed by atoms with E-state index < -0.39 is 0 Å². The highest BCUT2D eigenvalue weighted by molar-refractivity contribution is 5.46. The molecule has 0 radical (unpaired) electrons. The van der Waals surface area contributed by atoms with Gasteiger partial charge in [0.2, 0.25) is 0 Å². The summed E-state index contributed by atoms with van der Waals surface area (Å²) in [5, 5.41) is 0. The van der Waals surface area contributed by atoms with Crippen LogP contribution in [0.4, 0.5) is 0 Å². The highest BCUT2D eigenvalue weighted by Crippen LogP contribution is 2.33. The van der Waals surface area contributed by atoms with Crippen LogP contribution in [0.15, 0.2) is 18.2 Å². The van der Waals surface area contributed by atoms with Crippen LogP contribution in [0.25, 0.3) is 0 Å². The molecule has 1 fully saturated rings. The van der Waals surface area contributed by atoms with E-state index in [1.807, 2.05) is 12.1 Å². The zero-order valence-electron chi connectivity index (χ0n) is 11.9. The molecule has 0 heterocycles. The van der Waals surface area contributed by atoms with Crippen molar-refractivity contribution >= 4 is 0 Å². The predicted octanol–water partition coefficient (Wildman–Crippen LogP) is 3.16. The van der Waals surface area contributed by atoms with E-state index in [0.29, 0.717) is 12.5 Å². The van der Waals surface area contributed by atoms with Crippen molar-refractivity contribution < 1.29 is 9.47 Å². The first-order valence-corrected chi connectivity index (χ1v) is 7.34. The molecule has 19 heavy (non-hydrogen) atoms. The zero-order valence-corrected chi connectivity index (χ0v) is 11.9.